The van der Waals surface area contributed by atoms with Crippen LogP contribution in [-0.2, 0) is 0 Å². The fourth-order valence-electron chi connectivity index (χ4n) is 1.78. The summed E-state index contributed by atoms with van der Waals surface area (Å²) in [6.07, 6.45) is 4.41. The van der Waals surface area contributed by atoms with Crippen LogP contribution in [0.15, 0.2) is 12.3 Å². The minimum atomic E-state index is 0.662. The van der Waals surface area contributed by atoms with Gasteiger partial charge in [0.25, 0.3) is 0 Å². The monoisotopic (exact) mass is 153 g/mol. The second kappa shape index (κ2) is 3.29. The molecule has 0 bridgehead atoms. The molecule has 11 heavy (non-hydrogen) atoms. The first-order chi connectivity index (χ1) is 5.13. The van der Waals surface area contributed by atoms with E-state index in [2.05, 4.69) is 45.3 Å². The van der Waals surface area contributed by atoms with Gasteiger partial charge in [-0.3, -0.25) is 0 Å². The fraction of sp³-hybridized carbons (Fsp3) is 0.800. The van der Waals surface area contributed by atoms with Crippen LogP contribution in [0.25, 0.3) is 0 Å². The summed E-state index contributed by atoms with van der Waals surface area (Å²) in [6, 6.07) is 0.662. The molecule has 0 fully saturated rings. The van der Waals surface area contributed by atoms with Gasteiger partial charge in [-0.15, -0.1) is 0 Å². The summed E-state index contributed by atoms with van der Waals surface area (Å²) in [5, 5.41) is 3.41. The summed E-state index contributed by atoms with van der Waals surface area (Å²) in [6.45, 7) is 9.13. The zero-order valence-electron chi connectivity index (χ0n) is 7.96. The van der Waals surface area contributed by atoms with Crippen molar-refractivity contribution in [1.29, 1.82) is 0 Å². The highest BCUT2D eigenvalue weighted by molar-refractivity contribution is 5.04. The average Bonchev–Trinajstić information content (AvgIpc) is 2.32. The van der Waals surface area contributed by atoms with Crippen LogP contribution in [0.2, 0.25) is 0 Å². The van der Waals surface area contributed by atoms with Crippen LogP contribution in [0, 0.1) is 17.8 Å². The van der Waals surface area contributed by atoms with Crippen molar-refractivity contribution in [3.05, 3.63) is 12.3 Å². The van der Waals surface area contributed by atoms with Crippen molar-refractivity contribution in [3.8, 4) is 0 Å². The van der Waals surface area contributed by atoms with Gasteiger partial charge in [0, 0.05) is 12.0 Å². The molecule has 0 aromatic carbocycles. The van der Waals surface area contributed by atoms with Crippen LogP contribution >= 0.6 is 0 Å². The van der Waals surface area contributed by atoms with E-state index in [1.54, 1.807) is 0 Å². The lowest BCUT2D eigenvalue weighted by Crippen LogP contribution is -2.34. The van der Waals surface area contributed by atoms with E-state index in [9.17, 15) is 0 Å². The molecule has 2 unspecified atom stereocenters. The summed E-state index contributed by atoms with van der Waals surface area (Å²) < 4.78 is 0. The number of nitrogens with one attached hydrogen (secondary N) is 1. The molecule has 2 atom stereocenters. The third-order valence-electron chi connectivity index (χ3n) is 2.51. The van der Waals surface area contributed by atoms with Crippen LogP contribution in [0.5, 0.6) is 0 Å². The second-order valence-electron chi connectivity index (χ2n) is 4.12. The Hall–Kier alpha value is -0.460. The largest absolute Gasteiger partial charge is 0.388 e. The molecule has 1 heteroatoms. The van der Waals surface area contributed by atoms with Gasteiger partial charge in [0.05, 0.1) is 0 Å². The van der Waals surface area contributed by atoms with Gasteiger partial charge in [0.15, 0.2) is 0 Å². The average molecular weight is 153 g/mol. The van der Waals surface area contributed by atoms with Crippen molar-refractivity contribution in [2.75, 3.05) is 0 Å². The smallest absolute Gasteiger partial charge is 0.0344 e. The molecule has 1 heterocycles. The quantitative estimate of drug-likeness (QED) is 0.642. The first kappa shape index (κ1) is 8.63. The lowest BCUT2D eigenvalue weighted by molar-refractivity contribution is 0.312. The van der Waals surface area contributed by atoms with Crippen LogP contribution in [0.4, 0.5) is 0 Å². The molecule has 0 radical (unpaired) electrons. The Morgan fingerprint density at radius 3 is 2.09 bits per heavy atom. The number of hydrogen-bond acceptors (Lipinski definition) is 1. The minimum Gasteiger partial charge on any atom is -0.388 e. The highest BCUT2D eigenvalue weighted by Crippen LogP contribution is 2.25. The highest BCUT2D eigenvalue weighted by atomic mass is 14.9. The topological polar surface area (TPSA) is 12.0 Å². The molecule has 0 saturated heterocycles. The molecule has 0 amide bonds. The molecule has 1 nitrogen and oxygen atoms in total. The van der Waals surface area contributed by atoms with Gasteiger partial charge < -0.3 is 5.32 Å². The first-order valence-electron chi connectivity index (χ1n) is 4.55. The SMILES string of the molecule is CC(C)C1C=CNC1C(C)C. The lowest BCUT2D eigenvalue weighted by atomic mass is 9.85. The van der Waals surface area contributed by atoms with Crippen LogP contribution < -0.4 is 5.32 Å². The third-order valence-corrected chi connectivity index (χ3v) is 2.51. The maximum Gasteiger partial charge on any atom is 0.0344 e. The minimum absolute atomic E-state index is 0.662. The summed E-state index contributed by atoms with van der Waals surface area (Å²) in [5.74, 6) is 2.22. The van der Waals surface area contributed by atoms with Gasteiger partial charge in [-0.25, -0.2) is 0 Å². The molecule has 0 aromatic rings. The molecule has 0 saturated carbocycles. The normalized spacial score (nSPS) is 30.0. The van der Waals surface area contributed by atoms with Crippen LogP contribution in [-0.4, -0.2) is 6.04 Å². The van der Waals surface area contributed by atoms with Crippen LogP contribution in [0.1, 0.15) is 27.7 Å². The van der Waals surface area contributed by atoms with Gasteiger partial charge >= 0.3 is 0 Å². The second-order valence-corrected chi connectivity index (χ2v) is 4.12. The molecule has 1 aliphatic heterocycles. The van der Waals surface area contributed by atoms with Gasteiger partial charge in [-0.2, -0.15) is 0 Å². The highest BCUT2D eigenvalue weighted by Gasteiger charge is 2.27. The molecule has 64 valence electrons. The van der Waals surface area contributed by atoms with E-state index in [1.807, 2.05) is 0 Å². The van der Waals surface area contributed by atoms with Crippen molar-refractivity contribution < 1.29 is 0 Å². The van der Waals surface area contributed by atoms with Gasteiger partial charge in [0.1, 0.15) is 0 Å². The van der Waals surface area contributed by atoms with Crippen molar-refractivity contribution in [1.82, 2.24) is 5.32 Å². The summed E-state index contributed by atoms with van der Waals surface area (Å²) in [5.41, 5.74) is 0. The van der Waals surface area contributed by atoms with E-state index in [0.717, 1.165) is 17.8 Å². The van der Waals surface area contributed by atoms with Crippen molar-refractivity contribution >= 4 is 0 Å². The van der Waals surface area contributed by atoms with E-state index in [-0.39, 0.29) is 0 Å². The van der Waals surface area contributed by atoms with Gasteiger partial charge in [-0.05, 0) is 18.0 Å². The molecular formula is C10H19N. The first-order valence-corrected chi connectivity index (χ1v) is 4.55. The Bertz CT molecular complexity index is 147. The molecule has 0 spiro atoms. The van der Waals surface area contributed by atoms with E-state index >= 15 is 0 Å². The summed E-state index contributed by atoms with van der Waals surface area (Å²) in [4.78, 5) is 0. The van der Waals surface area contributed by atoms with E-state index < -0.39 is 0 Å². The fourth-order valence-corrected chi connectivity index (χ4v) is 1.78. The van der Waals surface area contributed by atoms with Crippen molar-refractivity contribution in [3.63, 3.8) is 0 Å². The zero-order chi connectivity index (χ0) is 8.43. The maximum absolute atomic E-state index is 3.41. The zero-order valence-corrected chi connectivity index (χ0v) is 7.96. The molecule has 1 aliphatic rings. The molecule has 0 aromatic heterocycles. The lowest BCUT2D eigenvalue weighted by Gasteiger charge is -2.26. The van der Waals surface area contributed by atoms with E-state index in [4.69, 9.17) is 0 Å². The molecule has 1 N–H and O–H groups in total. The van der Waals surface area contributed by atoms with Crippen molar-refractivity contribution in [2.24, 2.45) is 17.8 Å². The molecule has 1 rings (SSSR count). The van der Waals surface area contributed by atoms with Crippen molar-refractivity contribution in [2.45, 2.75) is 33.7 Å². The summed E-state index contributed by atoms with van der Waals surface area (Å²) >= 11 is 0. The molecular weight excluding hydrogens is 134 g/mol. The summed E-state index contributed by atoms with van der Waals surface area (Å²) in [7, 11) is 0. The predicted octanol–water partition coefficient (Wildman–Crippen LogP) is 2.40. The Balaban J connectivity index is 2.56. The Kier molecular flexibility index (Phi) is 2.58. The van der Waals surface area contributed by atoms with Gasteiger partial charge in [-0.1, -0.05) is 33.8 Å². The number of rotatable bonds is 2. The predicted molar refractivity (Wildman–Crippen MR) is 49.2 cm³/mol. The maximum atomic E-state index is 3.41. The third kappa shape index (κ3) is 1.76. The van der Waals surface area contributed by atoms with E-state index in [1.165, 1.54) is 0 Å². The number of hydrogen-bond donors (Lipinski definition) is 1. The molecule has 0 aliphatic carbocycles. The Labute approximate surface area is 69.9 Å². The standard InChI is InChI=1S/C10H19N/c1-7(2)9-5-6-11-10(9)8(3)4/h5-11H,1-4H3. The van der Waals surface area contributed by atoms with Gasteiger partial charge in [0.2, 0.25) is 0 Å². The van der Waals surface area contributed by atoms with E-state index in [0.29, 0.717) is 6.04 Å². The Morgan fingerprint density at radius 2 is 1.73 bits per heavy atom. The van der Waals surface area contributed by atoms with Crippen LogP contribution in [0.3, 0.4) is 0 Å². The Morgan fingerprint density at radius 1 is 1.09 bits per heavy atom.